The zero-order chi connectivity index (χ0) is 20.0. The van der Waals surface area contributed by atoms with Crippen molar-refractivity contribution in [3.63, 3.8) is 0 Å². The molecular weight excluding hydrogens is 406 g/mol. The van der Waals surface area contributed by atoms with E-state index in [-0.39, 0.29) is 41.6 Å². The van der Waals surface area contributed by atoms with Gasteiger partial charge < -0.3 is 5.11 Å². The summed E-state index contributed by atoms with van der Waals surface area (Å²) in [5, 5.41) is 16.9. The highest BCUT2D eigenvalue weighted by molar-refractivity contribution is 7.59. The van der Waals surface area contributed by atoms with Gasteiger partial charge in [-0.1, -0.05) is 6.07 Å². The minimum Gasteiger partial charge on any atom is -0.478 e. The van der Waals surface area contributed by atoms with E-state index in [4.69, 9.17) is 5.11 Å². The number of hydrogen-bond donors (Lipinski definition) is 2. The Labute approximate surface area is 168 Å². The summed E-state index contributed by atoms with van der Waals surface area (Å²) in [6, 6.07) is 2.59. The van der Waals surface area contributed by atoms with Crippen LogP contribution in [0.3, 0.4) is 0 Å². The molecule has 0 unspecified atom stereocenters. The van der Waals surface area contributed by atoms with Crippen molar-refractivity contribution in [2.75, 3.05) is 0 Å². The number of aromatic carboxylic acids is 1. The summed E-state index contributed by atoms with van der Waals surface area (Å²) in [6.45, 7) is 1.51. The molecule has 0 fully saturated rings. The average molecular weight is 420 g/mol. The normalized spacial score (nSPS) is 12.0. The van der Waals surface area contributed by atoms with Gasteiger partial charge in [-0.25, -0.2) is 23.2 Å². The van der Waals surface area contributed by atoms with Crippen molar-refractivity contribution >= 4 is 30.5 Å². The Balaban J connectivity index is 0.00000240. The molecule has 0 radical (unpaired) electrons. The van der Waals surface area contributed by atoms with E-state index in [0.717, 1.165) is 23.0 Å². The van der Waals surface area contributed by atoms with Gasteiger partial charge in [0.1, 0.15) is 17.2 Å². The number of fused-ring (bicyclic) bond motifs is 1. The van der Waals surface area contributed by atoms with Crippen LogP contribution in [0.15, 0.2) is 41.6 Å². The van der Waals surface area contributed by atoms with Gasteiger partial charge in [0.05, 0.1) is 24.0 Å². The van der Waals surface area contributed by atoms with E-state index in [9.17, 15) is 18.4 Å². The lowest BCUT2D eigenvalue weighted by molar-refractivity contribution is 0.0697. The van der Waals surface area contributed by atoms with Crippen molar-refractivity contribution in [3.05, 3.63) is 69.9 Å². The first kappa shape index (κ1) is 20.2. The number of nitrogens with zero attached hydrogens (tertiary/aromatic N) is 5. The molecule has 0 aliphatic carbocycles. The van der Waals surface area contributed by atoms with Gasteiger partial charge in [-0.05, 0) is 19.1 Å². The predicted octanol–water partition coefficient (Wildman–Crippen LogP) is 2.00. The van der Waals surface area contributed by atoms with Gasteiger partial charge in [-0.15, -0.1) is 0 Å². The molecule has 1 atom stereocenters. The molecule has 3 heterocycles. The summed E-state index contributed by atoms with van der Waals surface area (Å²) < 4.78 is 30.5. The number of nitrogens with one attached hydrogen (secondary N) is 1. The Kier molecular flexibility index (Phi) is 5.20. The van der Waals surface area contributed by atoms with Crippen LogP contribution in [0, 0.1) is 11.6 Å². The first-order chi connectivity index (χ1) is 13.4. The molecule has 12 heteroatoms. The van der Waals surface area contributed by atoms with Gasteiger partial charge in [0, 0.05) is 11.8 Å². The van der Waals surface area contributed by atoms with E-state index < -0.39 is 29.2 Å². The number of carboxylic acids is 1. The van der Waals surface area contributed by atoms with Crippen molar-refractivity contribution in [1.29, 1.82) is 0 Å². The summed E-state index contributed by atoms with van der Waals surface area (Å²) in [7, 11) is 0. The van der Waals surface area contributed by atoms with Crippen molar-refractivity contribution in [3.8, 4) is 5.95 Å². The molecule has 29 heavy (non-hydrogen) atoms. The van der Waals surface area contributed by atoms with Crippen molar-refractivity contribution in [2.24, 2.45) is 0 Å². The van der Waals surface area contributed by atoms with Crippen LogP contribution in [0.4, 0.5) is 8.78 Å². The highest BCUT2D eigenvalue weighted by Crippen LogP contribution is 2.25. The average Bonchev–Trinajstić information content (AvgIpc) is 3.29. The molecule has 0 aliphatic heterocycles. The third-order valence-electron chi connectivity index (χ3n) is 4.27. The maximum atomic E-state index is 14.1. The lowest BCUT2D eigenvalue weighted by atomic mass is 10.1. The van der Waals surface area contributed by atoms with Crippen LogP contribution in [0.5, 0.6) is 0 Å². The second kappa shape index (κ2) is 7.47. The van der Waals surface area contributed by atoms with Crippen LogP contribution in [0.25, 0.3) is 17.0 Å². The maximum absolute atomic E-state index is 14.1. The summed E-state index contributed by atoms with van der Waals surface area (Å²) in [5.74, 6) is -2.71. The van der Waals surface area contributed by atoms with Crippen LogP contribution < -0.4 is 5.56 Å². The number of benzene rings is 1. The van der Waals surface area contributed by atoms with E-state index in [0.29, 0.717) is 0 Å². The number of carboxylic acid groups (broad SMARTS) is 1. The van der Waals surface area contributed by atoms with E-state index in [2.05, 4.69) is 20.2 Å². The molecule has 1 aromatic carbocycles. The molecule has 0 bridgehead atoms. The molecule has 3 aromatic heterocycles. The lowest BCUT2D eigenvalue weighted by Crippen LogP contribution is -2.20. The smallest absolute Gasteiger partial charge is 0.338 e. The standard InChI is InChI=1S/C17H12F2N6O3.H2S/c1-8(13-10(18)3-2-4-11(13)19)25-14-12(6-21-25)22-17(23-15(14)26)24-7-9(5-20-24)16(27)28;/h2-8H,1H3,(H,27,28)(H,22,23,26);1H2/t8-;/m0./s1. The molecule has 0 saturated carbocycles. The molecule has 9 nitrogen and oxygen atoms in total. The second-order valence-corrected chi connectivity index (χ2v) is 6.00. The van der Waals surface area contributed by atoms with E-state index in [1.54, 1.807) is 0 Å². The molecule has 0 amide bonds. The monoisotopic (exact) mass is 420 g/mol. The van der Waals surface area contributed by atoms with Crippen molar-refractivity contribution in [2.45, 2.75) is 13.0 Å². The molecular formula is C17H14F2N6O3S. The number of H-pyrrole nitrogens is 1. The van der Waals surface area contributed by atoms with Crippen LogP contribution in [-0.2, 0) is 0 Å². The molecule has 4 rings (SSSR count). The first-order valence-electron chi connectivity index (χ1n) is 8.06. The first-order valence-corrected chi connectivity index (χ1v) is 8.06. The Morgan fingerprint density at radius 3 is 2.52 bits per heavy atom. The topological polar surface area (TPSA) is 119 Å². The van der Waals surface area contributed by atoms with E-state index in [1.165, 1.54) is 30.1 Å². The summed E-state index contributed by atoms with van der Waals surface area (Å²) >= 11 is 0. The third kappa shape index (κ3) is 3.38. The minimum atomic E-state index is -1.18. The van der Waals surface area contributed by atoms with Gasteiger partial charge in [0.25, 0.3) is 5.56 Å². The van der Waals surface area contributed by atoms with Crippen LogP contribution in [-0.4, -0.2) is 40.6 Å². The fourth-order valence-corrected chi connectivity index (χ4v) is 2.94. The predicted molar refractivity (Wildman–Crippen MR) is 103 cm³/mol. The molecule has 0 aliphatic rings. The molecule has 150 valence electrons. The van der Waals surface area contributed by atoms with Gasteiger partial charge >= 0.3 is 5.97 Å². The Hall–Kier alpha value is -3.54. The van der Waals surface area contributed by atoms with Gasteiger partial charge in [-0.2, -0.15) is 23.7 Å². The van der Waals surface area contributed by atoms with Crippen LogP contribution in [0.2, 0.25) is 0 Å². The Morgan fingerprint density at radius 2 is 1.90 bits per heavy atom. The molecule has 4 aromatic rings. The number of carbonyl (C=O) groups is 1. The van der Waals surface area contributed by atoms with E-state index in [1.807, 2.05) is 0 Å². The summed E-state index contributed by atoms with van der Waals surface area (Å²) in [6.07, 6.45) is 3.58. The minimum absolute atomic E-state index is 0. The number of hydrogen-bond acceptors (Lipinski definition) is 5. The maximum Gasteiger partial charge on any atom is 0.338 e. The third-order valence-corrected chi connectivity index (χ3v) is 4.27. The highest BCUT2D eigenvalue weighted by atomic mass is 32.1. The molecule has 2 N–H and O–H groups in total. The summed E-state index contributed by atoms with van der Waals surface area (Å²) in [5.41, 5.74) is -0.746. The van der Waals surface area contributed by atoms with Crippen LogP contribution in [0.1, 0.15) is 28.9 Å². The summed E-state index contributed by atoms with van der Waals surface area (Å²) in [4.78, 5) is 30.2. The number of aromatic nitrogens is 6. The largest absolute Gasteiger partial charge is 0.478 e. The number of rotatable bonds is 4. The van der Waals surface area contributed by atoms with Crippen LogP contribution >= 0.6 is 13.5 Å². The lowest BCUT2D eigenvalue weighted by Gasteiger charge is -2.15. The quantitative estimate of drug-likeness (QED) is 0.521. The zero-order valence-electron chi connectivity index (χ0n) is 14.8. The van der Waals surface area contributed by atoms with Gasteiger partial charge in [0.15, 0.2) is 5.52 Å². The Bertz CT molecular complexity index is 1260. The fourth-order valence-electron chi connectivity index (χ4n) is 2.94. The fraction of sp³-hybridized carbons (Fsp3) is 0.118. The van der Waals surface area contributed by atoms with E-state index >= 15 is 0 Å². The van der Waals surface area contributed by atoms with Gasteiger partial charge in [0.2, 0.25) is 5.95 Å². The zero-order valence-corrected chi connectivity index (χ0v) is 15.8. The molecule has 0 saturated heterocycles. The Morgan fingerprint density at radius 1 is 1.21 bits per heavy atom. The number of halogens is 2. The SMILES string of the molecule is C[C@@H](c1c(F)cccc1F)n1ncc2nc(-n3cc(C(=O)O)cn3)[nH]c(=O)c21.S. The van der Waals surface area contributed by atoms with Crippen molar-refractivity contribution in [1.82, 2.24) is 29.5 Å². The molecule has 0 spiro atoms. The highest BCUT2D eigenvalue weighted by Gasteiger charge is 2.22. The number of aromatic amines is 1. The van der Waals surface area contributed by atoms with Crippen molar-refractivity contribution < 1.29 is 18.7 Å². The van der Waals surface area contributed by atoms with Gasteiger partial charge in [-0.3, -0.25) is 14.5 Å². The second-order valence-electron chi connectivity index (χ2n) is 6.00.